The lowest BCUT2D eigenvalue weighted by Gasteiger charge is -2.46. The van der Waals surface area contributed by atoms with E-state index in [2.05, 4.69) is 54.0 Å². The number of hydrogen-bond donors (Lipinski definition) is 0. The van der Waals surface area contributed by atoms with E-state index in [9.17, 15) is 0 Å². The highest BCUT2D eigenvalue weighted by molar-refractivity contribution is 5.46. The highest BCUT2D eigenvalue weighted by Crippen LogP contribution is 2.42. The number of unbranched alkanes of at least 4 members (excludes halogenated alkanes) is 1. The number of para-hydroxylation sites is 1. The fraction of sp³-hybridized carbons (Fsp3) is 0.727. The molecule has 1 aliphatic heterocycles. The van der Waals surface area contributed by atoms with Crippen LogP contribution in [0.4, 0.5) is 5.69 Å². The van der Waals surface area contributed by atoms with Crippen LogP contribution in [-0.4, -0.2) is 50.8 Å². The molecule has 140 valence electrons. The predicted octanol–water partition coefficient (Wildman–Crippen LogP) is 4.29. The first-order valence-electron chi connectivity index (χ1n) is 10.4. The number of rotatable bonds is 9. The monoisotopic (exact) mass is 344 g/mol. The molecule has 3 heteroatoms. The first-order valence-corrected chi connectivity index (χ1v) is 10.4. The lowest BCUT2D eigenvalue weighted by Crippen LogP contribution is -2.50. The van der Waals surface area contributed by atoms with Gasteiger partial charge in [-0.05, 0) is 49.1 Å². The molecule has 0 bridgehead atoms. The number of anilines is 1. The van der Waals surface area contributed by atoms with Crippen LogP contribution in [0.2, 0.25) is 0 Å². The van der Waals surface area contributed by atoms with Crippen molar-refractivity contribution in [2.75, 3.05) is 50.8 Å². The summed E-state index contributed by atoms with van der Waals surface area (Å²) in [5, 5.41) is 0. The molecule has 1 heterocycles. The fourth-order valence-electron chi connectivity index (χ4n) is 4.37. The average molecular weight is 345 g/mol. The fourth-order valence-corrected chi connectivity index (χ4v) is 4.37. The number of hydrogen-bond acceptors (Lipinski definition) is 3. The topological polar surface area (TPSA) is 15.7 Å². The van der Waals surface area contributed by atoms with Crippen LogP contribution in [0, 0.1) is 17.8 Å². The first kappa shape index (κ1) is 18.7. The van der Waals surface area contributed by atoms with E-state index in [4.69, 9.17) is 4.74 Å². The summed E-state index contributed by atoms with van der Waals surface area (Å²) in [5.41, 5.74) is 1.38. The van der Waals surface area contributed by atoms with Gasteiger partial charge >= 0.3 is 0 Å². The summed E-state index contributed by atoms with van der Waals surface area (Å²) < 4.78 is 5.75. The summed E-state index contributed by atoms with van der Waals surface area (Å²) in [5.74, 6) is 2.68. The second-order valence-electron chi connectivity index (χ2n) is 7.99. The average Bonchev–Trinajstić information content (AvgIpc) is 2.67. The molecule has 3 rings (SSSR count). The van der Waals surface area contributed by atoms with Crippen molar-refractivity contribution in [1.29, 1.82) is 0 Å². The van der Waals surface area contributed by atoms with Crippen LogP contribution in [0.15, 0.2) is 30.3 Å². The molecule has 25 heavy (non-hydrogen) atoms. The van der Waals surface area contributed by atoms with Crippen LogP contribution >= 0.6 is 0 Å². The molecule has 3 atom stereocenters. The van der Waals surface area contributed by atoms with Crippen LogP contribution < -0.4 is 4.90 Å². The molecule has 1 saturated heterocycles. The van der Waals surface area contributed by atoms with E-state index in [1.54, 1.807) is 0 Å². The van der Waals surface area contributed by atoms with Gasteiger partial charge < -0.3 is 9.64 Å². The molecule has 1 aromatic rings. The quantitative estimate of drug-likeness (QED) is 0.622. The molecule has 0 aromatic heterocycles. The molecule has 2 aliphatic rings. The summed E-state index contributed by atoms with van der Waals surface area (Å²) in [6, 6.07) is 10.9. The summed E-state index contributed by atoms with van der Waals surface area (Å²) in [7, 11) is 0. The van der Waals surface area contributed by atoms with Gasteiger partial charge in [0, 0.05) is 51.6 Å². The molecule has 1 aliphatic carbocycles. The lowest BCUT2D eigenvalue weighted by molar-refractivity contribution is 0.0191. The summed E-state index contributed by atoms with van der Waals surface area (Å²) in [6.45, 7) is 12.7. The summed E-state index contributed by atoms with van der Waals surface area (Å²) in [4.78, 5) is 5.21. The second kappa shape index (κ2) is 9.59. The van der Waals surface area contributed by atoms with Gasteiger partial charge in [0.2, 0.25) is 0 Å². The van der Waals surface area contributed by atoms with E-state index >= 15 is 0 Å². The van der Waals surface area contributed by atoms with Gasteiger partial charge in [-0.15, -0.1) is 0 Å². The van der Waals surface area contributed by atoms with Crippen LogP contribution in [0.5, 0.6) is 0 Å². The molecular formula is C22H36N2O. The van der Waals surface area contributed by atoms with Gasteiger partial charge in [-0.25, -0.2) is 0 Å². The van der Waals surface area contributed by atoms with Gasteiger partial charge in [-0.3, -0.25) is 4.90 Å². The minimum Gasteiger partial charge on any atom is -0.381 e. The third-order valence-corrected chi connectivity index (χ3v) is 6.35. The molecule has 1 saturated carbocycles. The first-order chi connectivity index (χ1) is 12.3. The zero-order chi connectivity index (χ0) is 17.5. The molecule has 1 aromatic carbocycles. The lowest BCUT2D eigenvalue weighted by atomic mass is 9.64. The van der Waals surface area contributed by atoms with Crippen LogP contribution in [-0.2, 0) is 4.74 Å². The number of ether oxygens (including phenoxy) is 1. The molecule has 0 unspecified atom stereocenters. The van der Waals surface area contributed by atoms with Crippen molar-refractivity contribution in [3.63, 3.8) is 0 Å². The minimum atomic E-state index is 0.877. The standard InChI is InChI=1S/C22H36N2O/c1-3-4-15-25-16-10-20-17-21(19(20)2)18-23-11-13-24(14-12-23)22-8-6-5-7-9-22/h5-9,19-21H,3-4,10-18H2,1-2H3/t19-,20-,21-/m0/s1. The van der Waals surface area contributed by atoms with Gasteiger partial charge in [-0.2, -0.15) is 0 Å². The highest BCUT2D eigenvalue weighted by Gasteiger charge is 2.38. The van der Waals surface area contributed by atoms with E-state index in [-0.39, 0.29) is 0 Å². The third kappa shape index (κ3) is 5.21. The Hall–Kier alpha value is -1.06. The van der Waals surface area contributed by atoms with Crippen molar-refractivity contribution in [1.82, 2.24) is 4.90 Å². The smallest absolute Gasteiger partial charge is 0.0468 e. The van der Waals surface area contributed by atoms with Crippen molar-refractivity contribution in [2.45, 2.75) is 39.5 Å². The largest absolute Gasteiger partial charge is 0.381 e. The predicted molar refractivity (Wildman–Crippen MR) is 106 cm³/mol. The molecule has 0 radical (unpaired) electrons. The number of nitrogens with zero attached hydrogens (tertiary/aromatic N) is 2. The van der Waals surface area contributed by atoms with Crippen molar-refractivity contribution < 1.29 is 4.74 Å². The minimum absolute atomic E-state index is 0.877. The molecular weight excluding hydrogens is 308 g/mol. The van der Waals surface area contributed by atoms with Gasteiger partial charge in [0.1, 0.15) is 0 Å². The van der Waals surface area contributed by atoms with E-state index in [0.29, 0.717) is 0 Å². The van der Waals surface area contributed by atoms with E-state index in [1.165, 1.54) is 64.1 Å². The van der Waals surface area contributed by atoms with Gasteiger partial charge in [0.15, 0.2) is 0 Å². The zero-order valence-electron chi connectivity index (χ0n) is 16.2. The Labute approximate surface area is 154 Å². The Balaban J connectivity index is 1.31. The van der Waals surface area contributed by atoms with Gasteiger partial charge in [-0.1, -0.05) is 38.5 Å². The van der Waals surface area contributed by atoms with E-state index in [0.717, 1.165) is 31.0 Å². The SMILES string of the molecule is CCCCOCC[C@H]1C[C@@H](CN2CCN(c3ccccc3)CC2)[C@H]1C. The normalized spacial score (nSPS) is 27.3. The molecule has 2 fully saturated rings. The second-order valence-corrected chi connectivity index (χ2v) is 7.99. The van der Waals surface area contributed by atoms with Crippen molar-refractivity contribution in [3.8, 4) is 0 Å². The van der Waals surface area contributed by atoms with E-state index in [1.807, 2.05) is 0 Å². The summed E-state index contributed by atoms with van der Waals surface area (Å²) in [6.07, 6.45) is 5.12. The Morgan fingerprint density at radius 3 is 2.44 bits per heavy atom. The molecule has 0 spiro atoms. The van der Waals surface area contributed by atoms with Crippen molar-refractivity contribution in [2.24, 2.45) is 17.8 Å². The Morgan fingerprint density at radius 1 is 1.00 bits per heavy atom. The van der Waals surface area contributed by atoms with Crippen LogP contribution in [0.25, 0.3) is 0 Å². The van der Waals surface area contributed by atoms with Crippen molar-refractivity contribution in [3.05, 3.63) is 30.3 Å². The number of benzene rings is 1. The van der Waals surface area contributed by atoms with Crippen molar-refractivity contribution >= 4 is 5.69 Å². The highest BCUT2D eigenvalue weighted by atomic mass is 16.5. The van der Waals surface area contributed by atoms with Crippen LogP contribution in [0.3, 0.4) is 0 Å². The zero-order valence-corrected chi connectivity index (χ0v) is 16.2. The number of piperazine rings is 1. The molecule has 0 N–H and O–H groups in total. The molecule has 3 nitrogen and oxygen atoms in total. The maximum Gasteiger partial charge on any atom is 0.0468 e. The van der Waals surface area contributed by atoms with E-state index < -0.39 is 0 Å². The Bertz CT molecular complexity index is 484. The van der Waals surface area contributed by atoms with Gasteiger partial charge in [0.05, 0.1) is 0 Å². The Kier molecular flexibility index (Phi) is 7.18. The van der Waals surface area contributed by atoms with Crippen LogP contribution in [0.1, 0.15) is 39.5 Å². The third-order valence-electron chi connectivity index (χ3n) is 6.35. The van der Waals surface area contributed by atoms with Gasteiger partial charge in [0.25, 0.3) is 0 Å². The molecule has 0 amide bonds. The summed E-state index contributed by atoms with van der Waals surface area (Å²) >= 11 is 0. The Morgan fingerprint density at radius 2 is 1.76 bits per heavy atom. The maximum absolute atomic E-state index is 5.75. The maximum atomic E-state index is 5.75.